The summed E-state index contributed by atoms with van der Waals surface area (Å²) in [5.41, 5.74) is 2.94. The first-order valence-electron chi connectivity index (χ1n) is 13.3. The van der Waals surface area contributed by atoms with Crippen molar-refractivity contribution in [3.8, 4) is 5.75 Å². The molecule has 0 saturated carbocycles. The van der Waals surface area contributed by atoms with Crippen LogP contribution in [0.25, 0.3) is 11.2 Å². The van der Waals surface area contributed by atoms with Crippen LogP contribution in [0.15, 0.2) is 30.6 Å². The van der Waals surface area contributed by atoms with E-state index in [1.165, 1.54) is 19.3 Å². The molecule has 0 bridgehead atoms. The number of para-hydroxylation sites is 2. The summed E-state index contributed by atoms with van der Waals surface area (Å²) in [6.45, 7) is 5.67. The third-order valence-corrected chi connectivity index (χ3v) is 7.96. The van der Waals surface area contributed by atoms with Crippen molar-refractivity contribution in [1.82, 2.24) is 24.4 Å². The average molecular weight is 490 g/mol. The number of methoxy groups -OCH3 is 1. The van der Waals surface area contributed by atoms with E-state index in [4.69, 9.17) is 9.72 Å². The number of hydrogen-bond acceptors (Lipinski definition) is 7. The largest absolute Gasteiger partial charge is 0.495 e. The maximum absolute atomic E-state index is 13.6. The number of imidazole rings is 1. The van der Waals surface area contributed by atoms with Gasteiger partial charge in [-0.25, -0.2) is 15.0 Å². The minimum Gasteiger partial charge on any atom is -0.495 e. The van der Waals surface area contributed by atoms with Crippen LogP contribution in [0.1, 0.15) is 37.9 Å². The van der Waals surface area contributed by atoms with E-state index >= 15 is 0 Å². The van der Waals surface area contributed by atoms with Gasteiger partial charge in [0.2, 0.25) is 5.91 Å². The SMILES string of the molecule is COc1ccccc1N1CCN(C(=O)[C@H]2CCCN(c3ncnc4c3nc3n4CCCCC3)C2)CC1. The molecule has 0 N–H and O–H groups in total. The van der Waals surface area contributed by atoms with Gasteiger partial charge in [-0.1, -0.05) is 18.6 Å². The van der Waals surface area contributed by atoms with Gasteiger partial charge >= 0.3 is 0 Å². The Hall–Kier alpha value is -3.36. The summed E-state index contributed by atoms with van der Waals surface area (Å²) in [7, 11) is 1.71. The summed E-state index contributed by atoms with van der Waals surface area (Å²) in [6, 6.07) is 8.11. The smallest absolute Gasteiger partial charge is 0.227 e. The minimum atomic E-state index is -0.0120. The molecule has 36 heavy (non-hydrogen) atoms. The Bertz CT molecular complexity index is 1230. The summed E-state index contributed by atoms with van der Waals surface area (Å²) in [5, 5.41) is 0. The molecule has 0 unspecified atom stereocenters. The Kier molecular flexibility index (Phi) is 6.37. The minimum absolute atomic E-state index is 0.0120. The number of hydrogen-bond donors (Lipinski definition) is 0. The number of anilines is 2. The van der Waals surface area contributed by atoms with Crippen molar-refractivity contribution in [2.45, 2.75) is 45.1 Å². The molecule has 2 fully saturated rings. The van der Waals surface area contributed by atoms with Crippen molar-refractivity contribution in [1.29, 1.82) is 0 Å². The number of piperidine rings is 1. The van der Waals surface area contributed by atoms with Gasteiger partial charge in [-0.05, 0) is 37.8 Å². The zero-order valence-electron chi connectivity index (χ0n) is 21.1. The molecule has 1 amide bonds. The van der Waals surface area contributed by atoms with Gasteiger partial charge in [-0.2, -0.15) is 0 Å². The molecular weight excluding hydrogens is 454 g/mol. The molecule has 0 spiro atoms. The molecular formula is C27H35N7O2. The first-order valence-corrected chi connectivity index (χ1v) is 13.3. The number of aryl methyl sites for hydroxylation is 2. The molecule has 2 saturated heterocycles. The lowest BCUT2D eigenvalue weighted by Crippen LogP contribution is -2.52. The van der Waals surface area contributed by atoms with Crippen LogP contribution in [-0.2, 0) is 17.8 Å². The maximum atomic E-state index is 13.6. The summed E-state index contributed by atoms with van der Waals surface area (Å²) in [6.07, 6.45) is 8.16. The second kappa shape index (κ2) is 9.95. The van der Waals surface area contributed by atoms with Gasteiger partial charge < -0.3 is 24.0 Å². The van der Waals surface area contributed by atoms with E-state index in [0.29, 0.717) is 6.54 Å². The normalized spacial score (nSPS) is 20.8. The van der Waals surface area contributed by atoms with Gasteiger partial charge in [0.15, 0.2) is 17.0 Å². The summed E-state index contributed by atoms with van der Waals surface area (Å²) < 4.78 is 7.82. The van der Waals surface area contributed by atoms with Crippen molar-refractivity contribution in [3.63, 3.8) is 0 Å². The molecule has 3 aliphatic heterocycles. The van der Waals surface area contributed by atoms with E-state index in [9.17, 15) is 4.79 Å². The Morgan fingerprint density at radius 3 is 2.67 bits per heavy atom. The summed E-state index contributed by atoms with van der Waals surface area (Å²) in [5.74, 6) is 3.15. The summed E-state index contributed by atoms with van der Waals surface area (Å²) in [4.78, 5) is 34.4. The van der Waals surface area contributed by atoms with Crippen LogP contribution >= 0.6 is 0 Å². The second-order valence-electron chi connectivity index (χ2n) is 10.1. The first kappa shape index (κ1) is 23.1. The maximum Gasteiger partial charge on any atom is 0.227 e. The van der Waals surface area contributed by atoms with Crippen molar-refractivity contribution in [3.05, 3.63) is 36.4 Å². The lowest BCUT2D eigenvalue weighted by molar-refractivity contribution is -0.136. The highest BCUT2D eigenvalue weighted by atomic mass is 16.5. The van der Waals surface area contributed by atoms with Gasteiger partial charge in [0.1, 0.15) is 17.9 Å². The summed E-state index contributed by atoms with van der Waals surface area (Å²) >= 11 is 0. The second-order valence-corrected chi connectivity index (χ2v) is 10.1. The van der Waals surface area contributed by atoms with Crippen molar-refractivity contribution >= 4 is 28.6 Å². The van der Waals surface area contributed by atoms with E-state index in [0.717, 1.165) is 92.8 Å². The van der Waals surface area contributed by atoms with Crippen molar-refractivity contribution in [2.24, 2.45) is 5.92 Å². The number of nitrogens with zero attached hydrogens (tertiary/aromatic N) is 7. The van der Waals surface area contributed by atoms with E-state index in [2.05, 4.69) is 35.3 Å². The van der Waals surface area contributed by atoms with Gasteiger partial charge in [0, 0.05) is 52.2 Å². The quantitative estimate of drug-likeness (QED) is 0.557. The number of ether oxygens (including phenoxy) is 1. The molecule has 3 aromatic rings. The fourth-order valence-electron chi connectivity index (χ4n) is 6.04. The van der Waals surface area contributed by atoms with Crippen LogP contribution in [0.5, 0.6) is 5.75 Å². The standard InChI is InChI=1S/C27H35N7O2/c1-36-22-10-5-4-9-21(22)31-14-16-32(17-15-31)27(35)20-8-7-12-33(18-20)25-24-26(29-19-28-25)34-13-6-2-3-11-23(34)30-24/h4-5,9-10,19-20H,2-3,6-8,11-18H2,1H3/t20-/m0/s1. The molecule has 1 aromatic carbocycles. The molecule has 2 aromatic heterocycles. The van der Waals surface area contributed by atoms with Crippen LogP contribution in [0.3, 0.4) is 0 Å². The van der Waals surface area contributed by atoms with Gasteiger partial charge in [0.05, 0.1) is 18.7 Å². The number of fused-ring (bicyclic) bond motifs is 3. The van der Waals surface area contributed by atoms with E-state index in [1.807, 2.05) is 18.2 Å². The van der Waals surface area contributed by atoms with Gasteiger partial charge in [0.25, 0.3) is 0 Å². The number of aromatic nitrogens is 4. The van der Waals surface area contributed by atoms with Crippen LogP contribution < -0.4 is 14.5 Å². The lowest BCUT2D eigenvalue weighted by atomic mass is 9.96. The Morgan fingerprint density at radius 1 is 0.944 bits per heavy atom. The molecule has 9 heteroatoms. The fourth-order valence-corrected chi connectivity index (χ4v) is 6.04. The first-order chi connectivity index (χ1) is 17.7. The van der Waals surface area contributed by atoms with E-state index in [1.54, 1.807) is 13.4 Å². The Balaban J connectivity index is 1.15. The molecule has 0 radical (unpaired) electrons. The zero-order valence-corrected chi connectivity index (χ0v) is 21.1. The Labute approximate surface area is 212 Å². The molecule has 9 nitrogen and oxygen atoms in total. The highest BCUT2D eigenvalue weighted by molar-refractivity contribution is 5.85. The van der Waals surface area contributed by atoms with Crippen LogP contribution in [0.2, 0.25) is 0 Å². The molecule has 190 valence electrons. The fraction of sp³-hybridized carbons (Fsp3) is 0.556. The number of rotatable bonds is 4. The molecule has 1 atom stereocenters. The number of benzene rings is 1. The molecule has 0 aliphatic carbocycles. The highest BCUT2D eigenvalue weighted by Crippen LogP contribution is 2.31. The van der Waals surface area contributed by atoms with Crippen LogP contribution in [-0.4, -0.2) is 76.7 Å². The zero-order chi connectivity index (χ0) is 24.5. The van der Waals surface area contributed by atoms with Gasteiger partial charge in [-0.3, -0.25) is 4.79 Å². The predicted octanol–water partition coefficient (Wildman–Crippen LogP) is 3.13. The van der Waals surface area contributed by atoms with Crippen molar-refractivity contribution in [2.75, 3.05) is 56.2 Å². The predicted molar refractivity (Wildman–Crippen MR) is 140 cm³/mol. The highest BCUT2D eigenvalue weighted by Gasteiger charge is 2.33. The molecule has 3 aliphatic rings. The van der Waals surface area contributed by atoms with E-state index < -0.39 is 0 Å². The lowest BCUT2D eigenvalue weighted by Gasteiger charge is -2.40. The van der Waals surface area contributed by atoms with E-state index in [-0.39, 0.29) is 11.8 Å². The van der Waals surface area contributed by atoms with Crippen LogP contribution in [0, 0.1) is 5.92 Å². The number of carbonyl (C=O) groups is 1. The van der Waals surface area contributed by atoms with Crippen molar-refractivity contribution < 1.29 is 9.53 Å². The Morgan fingerprint density at radius 2 is 1.81 bits per heavy atom. The molecule has 6 rings (SSSR count). The number of piperazine rings is 1. The average Bonchev–Trinajstić information content (AvgIpc) is 3.13. The third kappa shape index (κ3) is 4.24. The van der Waals surface area contributed by atoms with Gasteiger partial charge in [-0.15, -0.1) is 0 Å². The number of carbonyl (C=O) groups excluding carboxylic acids is 1. The monoisotopic (exact) mass is 489 g/mol. The topological polar surface area (TPSA) is 79.6 Å². The number of amides is 1. The third-order valence-electron chi connectivity index (χ3n) is 7.96. The van der Waals surface area contributed by atoms with Crippen LogP contribution in [0.4, 0.5) is 11.5 Å². The molecule has 5 heterocycles.